The lowest BCUT2D eigenvalue weighted by Gasteiger charge is -2.02. The molecule has 1 aromatic rings. The molecule has 0 unspecified atom stereocenters. The summed E-state index contributed by atoms with van der Waals surface area (Å²) in [4.78, 5) is 10.6. The quantitative estimate of drug-likeness (QED) is 0.521. The molecule has 0 aliphatic heterocycles. The van der Waals surface area contributed by atoms with Gasteiger partial charge in [-0.3, -0.25) is 0 Å². The van der Waals surface area contributed by atoms with E-state index in [1.54, 1.807) is 0 Å². The highest BCUT2D eigenvalue weighted by molar-refractivity contribution is 6.30. The van der Waals surface area contributed by atoms with Gasteiger partial charge in [0.25, 0.3) is 0 Å². The summed E-state index contributed by atoms with van der Waals surface area (Å²) >= 11 is 5.43. The third kappa shape index (κ3) is 2.59. The summed E-state index contributed by atoms with van der Waals surface area (Å²) in [5.74, 6) is -0.433. The lowest BCUT2D eigenvalue weighted by Crippen LogP contribution is -2.07. The van der Waals surface area contributed by atoms with E-state index in [9.17, 15) is 9.18 Å². The molecule has 0 aliphatic rings. The second kappa shape index (κ2) is 4.09. The van der Waals surface area contributed by atoms with Crippen LogP contribution in [0, 0.1) is 5.82 Å². The average molecular weight is 205 g/mol. The van der Waals surface area contributed by atoms with Gasteiger partial charge in [0.1, 0.15) is 11.6 Å². The van der Waals surface area contributed by atoms with Crippen molar-refractivity contribution in [3.63, 3.8) is 0 Å². The van der Waals surface area contributed by atoms with Crippen LogP contribution in [0.25, 0.3) is 0 Å². The van der Waals surface area contributed by atoms with E-state index in [1.165, 1.54) is 19.2 Å². The summed E-state index contributed by atoms with van der Waals surface area (Å²) in [7, 11) is 1.17. The number of ether oxygens (including phenoxy) is 2. The highest BCUT2D eigenvalue weighted by atomic mass is 35.5. The lowest BCUT2D eigenvalue weighted by atomic mass is 10.3. The zero-order valence-corrected chi connectivity index (χ0v) is 7.47. The van der Waals surface area contributed by atoms with Crippen LogP contribution in [-0.2, 0) is 4.74 Å². The van der Waals surface area contributed by atoms with Crippen LogP contribution in [0.15, 0.2) is 18.2 Å². The lowest BCUT2D eigenvalue weighted by molar-refractivity contribution is 0.121. The molecule has 70 valence electrons. The van der Waals surface area contributed by atoms with Crippen molar-refractivity contribution in [2.75, 3.05) is 7.11 Å². The van der Waals surface area contributed by atoms with Gasteiger partial charge in [-0.15, -0.1) is 0 Å². The minimum atomic E-state index is -0.873. The SMILES string of the molecule is COC(=O)Oc1ccc(F)c(Cl)c1. The molecule has 5 heteroatoms. The number of halogens is 2. The molecule has 0 bridgehead atoms. The first-order valence-electron chi connectivity index (χ1n) is 3.34. The van der Waals surface area contributed by atoms with Crippen LogP contribution in [0.5, 0.6) is 5.75 Å². The zero-order chi connectivity index (χ0) is 9.84. The van der Waals surface area contributed by atoms with Crippen LogP contribution in [0.3, 0.4) is 0 Å². The Morgan fingerprint density at radius 1 is 1.54 bits per heavy atom. The van der Waals surface area contributed by atoms with Crippen LogP contribution < -0.4 is 4.74 Å². The Hall–Kier alpha value is -1.29. The fourth-order valence-corrected chi connectivity index (χ4v) is 0.849. The molecule has 13 heavy (non-hydrogen) atoms. The van der Waals surface area contributed by atoms with Crippen molar-refractivity contribution in [2.45, 2.75) is 0 Å². The van der Waals surface area contributed by atoms with Crippen LogP contribution in [-0.4, -0.2) is 13.3 Å². The van der Waals surface area contributed by atoms with Gasteiger partial charge in [-0.2, -0.15) is 0 Å². The fraction of sp³-hybridized carbons (Fsp3) is 0.125. The Labute approximate surface area is 79.0 Å². The predicted octanol–water partition coefficient (Wildman–Crippen LogP) is 2.62. The smallest absolute Gasteiger partial charge is 0.437 e. The number of benzene rings is 1. The standard InChI is InChI=1S/C8H6ClFO3/c1-12-8(11)13-5-2-3-7(10)6(9)4-5/h2-4H,1H3. The summed E-state index contributed by atoms with van der Waals surface area (Å²) in [5, 5.41) is -0.110. The Kier molecular flexibility index (Phi) is 3.08. The van der Waals surface area contributed by atoms with Crippen LogP contribution in [0.4, 0.5) is 9.18 Å². The first-order valence-corrected chi connectivity index (χ1v) is 3.72. The van der Waals surface area contributed by atoms with Crippen LogP contribution >= 0.6 is 11.6 Å². The van der Waals surface area contributed by atoms with Gasteiger partial charge < -0.3 is 9.47 Å². The average Bonchev–Trinajstić information content (AvgIpc) is 2.11. The summed E-state index contributed by atoms with van der Waals surface area (Å²) in [6.07, 6.45) is -0.873. The molecule has 0 spiro atoms. The second-order valence-corrected chi connectivity index (χ2v) is 2.54. The minimum absolute atomic E-state index is 0.110. The summed E-state index contributed by atoms with van der Waals surface area (Å²) in [5.41, 5.74) is 0. The molecular weight excluding hydrogens is 199 g/mol. The van der Waals surface area contributed by atoms with Crippen molar-refractivity contribution >= 4 is 17.8 Å². The fourth-order valence-electron chi connectivity index (χ4n) is 0.678. The Balaban J connectivity index is 2.79. The first kappa shape index (κ1) is 9.80. The molecule has 1 aromatic carbocycles. The molecule has 0 N–H and O–H groups in total. The van der Waals surface area contributed by atoms with Gasteiger partial charge in [-0.05, 0) is 12.1 Å². The molecule has 3 nitrogen and oxygen atoms in total. The van der Waals surface area contributed by atoms with Gasteiger partial charge in [0.05, 0.1) is 12.1 Å². The monoisotopic (exact) mass is 204 g/mol. The molecule has 0 aliphatic carbocycles. The first-order chi connectivity index (χ1) is 6.13. The van der Waals surface area contributed by atoms with Gasteiger partial charge in [0.2, 0.25) is 0 Å². The van der Waals surface area contributed by atoms with E-state index in [0.29, 0.717) is 0 Å². The van der Waals surface area contributed by atoms with E-state index in [2.05, 4.69) is 9.47 Å². The molecule has 0 amide bonds. The molecule has 1 rings (SSSR count). The number of carbonyl (C=O) groups is 1. The predicted molar refractivity (Wildman–Crippen MR) is 44.4 cm³/mol. The summed E-state index contributed by atoms with van der Waals surface area (Å²) < 4.78 is 21.4. The van der Waals surface area contributed by atoms with Crippen molar-refractivity contribution in [1.82, 2.24) is 0 Å². The number of hydrogen-bond acceptors (Lipinski definition) is 3. The number of rotatable bonds is 1. The Morgan fingerprint density at radius 2 is 2.23 bits per heavy atom. The molecule has 0 radical (unpaired) electrons. The van der Waals surface area contributed by atoms with Crippen LogP contribution in [0.1, 0.15) is 0 Å². The van der Waals surface area contributed by atoms with Gasteiger partial charge in [0.15, 0.2) is 0 Å². The molecule has 0 aromatic heterocycles. The maximum Gasteiger partial charge on any atom is 0.513 e. The Morgan fingerprint density at radius 3 is 2.77 bits per heavy atom. The van der Waals surface area contributed by atoms with E-state index in [1.807, 2.05) is 0 Å². The maximum absolute atomic E-state index is 12.6. The largest absolute Gasteiger partial charge is 0.513 e. The number of methoxy groups -OCH3 is 1. The van der Waals surface area contributed by atoms with E-state index in [0.717, 1.165) is 6.07 Å². The molecule has 0 saturated heterocycles. The highest BCUT2D eigenvalue weighted by Gasteiger charge is 2.06. The zero-order valence-electron chi connectivity index (χ0n) is 6.71. The second-order valence-electron chi connectivity index (χ2n) is 2.13. The van der Waals surface area contributed by atoms with Gasteiger partial charge in [0, 0.05) is 6.07 Å². The van der Waals surface area contributed by atoms with E-state index >= 15 is 0 Å². The number of hydrogen-bond donors (Lipinski definition) is 0. The van der Waals surface area contributed by atoms with E-state index < -0.39 is 12.0 Å². The topological polar surface area (TPSA) is 35.5 Å². The third-order valence-corrected chi connectivity index (χ3v) is 1.55. The third-order valence-electron chi connectivity index (χ3n) is 1.26. The van der Waals surface area contributed by atoms with Gasteiger partial charge in [-0.25, -0.2) is 9.18 Å². The van der Waals surface area contributed by atoms with Crippen molar-refractivity contribution in [1.29, 1.82) is 0 Å². The normalized spacial score (nSPS) is 9.46. The van der Waals surface area contributed by atoms with Gasteiger partial charge in [-0.1, -0.05) is 11.6 Å². The minimum Gasteiger partial charge on any atom is -0.437 e. The van der Waals surface area contributed by atoms with Crippen molar-refractivity contribution in [3.8, 4) is 5.75 Å². The molecule has 0 saturated carbocycles. The highest BCUT2D eigenvalue weighted by Crippen LogP contribution is 2.21. The van der Waals surface area contributed by atoms with Crippen LogP contribution in [0.2, 0.25) is 5.02 Å². The van der Waals surface area contributed by atoms with Crippen molar-refractivity contribution < 1.29 is 18.7 Å². The number of carbonyl (C=O) groups excluding carboxylic acids is 1. The molecular formula is C8H6ClFO3. The van der Waals surface area contributed by atoms with Gasteiger partial charge >= 0.3 is 6.16 Å². The molecule has 0 fully saturated rings. The van der Waals surface area contributed by atoms with E-state index in [4.69, 9.17) is 11.6 Å². The van der Waals surface area contributed by atoms with Crippen molar-refractivity contribution in [2.24, 2.45) is 0 Å². The molecule has 0 atom stereocenters. The summed E-state index contributed by atoms with van der Waals surface area (Å²) in [6.45, 7) is 0. The summed E-state index contributed by atoms with van der Waals surface area (Å²) in [6, 6.07) is 3.56. The van der Waals surface area contributed by atoms with Crippen molar-refractivity contribution in [3.05, 3.63) is 29.0 Å². The van der Waals surface area contributed by atoms with E-state index in [-0.39, 0.29) is 10.8 Å². The maximum atomic E-state index is 12.6. The Bertz CT molecular complexity index is 327. The molecule has 0 heterocycles.